The number of nitrogens with zero attached hydrogens (tertiary/aromatic N) is 2. The van der Waals surface area contributed by atoms with Crippen LogP contribution >= 0.6 is 43.6 Å². The first kappa shape index (κ1) is 18.3. The summed E-state index contributed by atoms with van der Waals surface area (Å²) in [5, 5.41) is 0.647. The van der Waals surface area contributed by atoms with Crippen LogP contribution in [0.1, 0.15) is 12.7 Å². The lowest BCUT2D eigenvalue weighted by Crippen LogP contribution is -2.28. The molecule has 0 aliphatic carbocycles. The van der Waals surface area contributed by atoms with Gasteiger partial charge in [-0.15, -0.1) is 0 Å². The van der Waals surface area contributed by atoms with Gasteiger partial charge in [-0.3, -0.25) is 9.69 Å². The van der Waals surface area contributed by atoms with Crippen molar-refractivity contribution >= 4 is 66.5 Å². The zero-order valence-corrected chi connectivity index (χ0v) is 17.4. The van der Waals surface area contributed by atoms with Crippen molar-refractivity contribution in [2.75, 3.05) is 13.7 Å². The number of amides is 1. The Balaban J connectivity index is 1.90. The summed E-state index contributed by atoms with van der Waals surface area (Å²) in [5.74, 6) is 1.28. The predicted molar refractivity (Wildman–Crippen MR) is 107 cm³/mol. The van der Waals surface area contributed by atoms with Gasteiger partial charge in [0.05, 0.1) is 22.2 Å². The molecule has 25 heavy (non-hydrogen) atoms. The number of likely N-dealkylation sites (N-methyl/N-ethyl adjacent to an activating group) is 1. The van der Waals surface area contributed by atoms with Gasteiger partial charge in [0.25, 0.3) is 5.91 Å². The van der Waals surface area contributed by atoms with Crippen molar-refractivity contribution < 1.29 is 13.9 Å². The van der Waals surface area contributed by atoms with Gasteiger partial charge < -0.3 is 9.15 Å². The van der Waals surface area contributed by atoms with E-state index < -0.39 is 0 Å². The van der Waals surface area contributed by atoms with Crippen LogP contribution in [-0.4, -0.2) is 29.6 Å². The first-order chi connectivity index (χ1) is 12.0. The number of thioether (sulfide) groups is 1. The molecule has 0 radical (unpaired) electrons. The number of amidine groups is 1. The van der Waals surface area contributed by atoms with Gasteiger partial charge in [0, 0.05) is 12.6 Å². The van der Waals surface area contributed by atoms with E-state index in [2.05, 4.69) is 36.9 Å². The van der Waals surface area contributed by atoms with Crippen LogP contribution in [0, 0.1) is 0 Å². The minimum Gasteiger partial charge on any atom is -0.497 e. The lowest BCUT2D eigenvalue weighted by Gasteiger charge is -2.12. The highest BCUT2D eigenvalue weighted by Crippen LogP contribution is 2.36. The molecule has 0 N–H and O–H groups in total. The lowest BCUT2D eigenvalue weighted by molar-refractivity contribution is -0.122. The number of hydrogen-bond acceptors (Lipinski definition) is 5. The molecule has 1 aromatic heterocycles. The molecule has 3 rings (SSSR count). The van der Waals surface area contributed by atoms with E-state index in [1.54, 1.807) is 24.2 Å². The quantitative estimate of drug-likeness (QED) is 0.541. The number of methoxy groups -OCH3 is 1. The molecule has 0 unspecified atom stereocenters. The van der Waals surface area contributed by atoms with Crippen LogP contribution in [0.5, 0.6) is 5.75 Å². The second-order valence-corrected chi connectivity index (χ2v) is 7.61. The van der Waals surface area contributed by atoms with E-state index in [1.807, 2.05) is 31.2 Å². The number of aliphatic imine (C=N–C) groups is 1. The van der Waals surface area contributed by atoms with Crippen LogP contribution in [-0.2, 0) is 4.79 Å². The number of halogens is 2. The number of ether oxygens (including phenoxy) is 1. The molecular weight excluding hydrogens is 472 g/mol. The Morgan fingerprint density at radius 1 is 1.32 bits per heavy atom. The fraction of sp³-hybridized carbons (Fsp3) is 0.176. The molecule has 5 nitrogen and oxygen atoms in total. The Kier molecular flexibility index (Phi) is 5.71. The summed E-state index contributed by atoms with van der Waals surface area (Å²) in [5.41, 5.74) is 0.763. The predicted octanol–water partition coefficient (Wildman–Crippen LogP) is 5.44. The summed E-state index contributed by atoms with van der Waals surface area (Å²) >= 11 is 7.99. The normalized spacial score (nSPS) is 17.8. The lowest BCUT2D eigenvalue weighted by atomic mass is 10.3. The van der Waals surface area contributed by atoms with Gasteiger partial charge >= 0.3 is 0 Å². The third-order valence-electron chi connectivity index (χ3n) is 3.44. The smallest absolute Gasteiger partial charge is 0.266 e. The molecule has 1 aliphatic heterocycles. The molecule has 1 fully saturated rings. The van der Waals surface area contributed by atoms with Gasteiger partial charge in [-0.25, -0.2) is 4.99 Å². The van der Waals surface area contributed by atoms with Crippen LogP contribution in [0.2, 0.25) is 0 Å². The van der Waals surface area contributed by atoms with Crippen LogP contribution in [0.4, 0.5) is 5.69 Å². The summed E-state index contributed by atoms with van der Waals surface area (Å²) in [6, 6.07) is 9.19. The maximum Gasteiger partial charge on any atom is 0.266 e. The molecule has 1 amide bonds. The van der Waals surface area contributed by atoms with Crippen LogP contribution in [0.15, 0.2) is 53.8 Å². The van der Waals surface area contributed by atoms with Gasteiger partial charge in [0.15, 0.2) is 9.84 Å². The summed E-state index contributed by atoms with van der Waals surface area (Å²) in [6.07, 6.45) is 1.72. The zero-order valence-electron chi connectivity index (χ0n) is 13.5. The monoisotopic (exact) mass is 484 g/mol. The van der Waals surface area contributed by atoms with E-state index in [9.17, 15) is 4.79 Å². The fourth-order valence-electron chi connectivity index (χ4n) is 2.20. The Labute approximate surface area is 166 Å². The summed E-state index contributed by atoms with van der Waals surface area (Å²) in [6.45, 7) is 2.47. The molecule has 0 bridgehead atoms. The number of benzene rings is 1. The number of carbonyl (C=O) groups excluding carboxylic acids is 1. The Morgan fingerprint density at radius 3 is 2.60 bits per heavy atom. The molecule has 130 valence electrons. The number of rotatable bonds is 4. The van der Waals surface area contributed by atoms with Crippen LogP contribution in [0.25, 0.3) is 6.08 Å². The van der Waals surface area contributed by atoms with Crippen molar-refractivity contribution in [2.24, 2.45) is 4.99 Å². The Hall–Kier alpha value is -1.51. The van der Waals surface area contributed by atoms with Gasteiger partial charge in [-0.2, -0.15) is 0 Å². The van der Waals surface area contributed by atoms with E-state index in [4.69, 9.17) is 9.15 Å². The van der Waals surface area contributed by atoms with Gasteiger partial charge in [-0.1, -0.05) is 0 Å². The van der Waals surface area contributed by atoms with E-state index in [1.165, 1.54) is 11.8 Å². The van der Waals surface area contributed by atoms with Crippen molar-refractivity contribution in [3.63, 3.8) is 0 Å². The maximum absolute atomic E-state index is 12.6. The zero-order chi connectivity index (χ0) is 18.0. The molecule has 0 saturated carbocycles. The van der Waals surface area contributed by atoms with Crippen molar-refractivity contribution in [3.8, 4) is 5.75 Å². The third kappa shape index (κ3) is 4.02. The number of hydrogen-bond donors (Lipinski definition) is 0. The minimum absolute atomic E-state index is 0.0802. The Morgan fingerprint density at radius 2 is 2.04 bits per heavy atom. The summed E-state index contributed by atoms with van der Waals surface area (Å²) in [4.78, 5) is 19.4. The molecule has 0 spiro atoms. The second-order valence-electron chi connectivity index (χ2n) is 5.02. The van der Waals surface area contributed by atoms with Gasteiger partial charge in [0.1, 0.15) is 11.5 Å². The molecular formula is C17H14Br2N2O3S. The van der Waals surface area contributed by atoms with Crippen molar-refractivity contribution in [1.82, 2.24) is 4.90 Å². The molecule has 2 aromatic rings. The first-order valence-corrected chi connectivity index (χ1v) is 9.81. The fourth-order valence-corrected chi connectivity index (χ4v) is 3.85. The molecule has 8 heteroatoms. The van der Waals surface area contributed by atoms with Crippen molar-refractivity contribution in [2.45, 2.75) is 6.92 Å². The number of carbonyl (C=O) groups is 1. The highest BCUT2D eigenvalue weighted by Gasteiger charge is 2.32. The second kappa shape index (κ2) is 7.80. The molecule has 2 heterocycles. The molecule has 0 atom stereocenters. The van der Waals surface area contributed by atoms with Crippen LogP contribution in [0.3, 0.4) is 0 Å². The SMILES string of the molecule is CCN1C(=O)/C(=C/c2cc(Br)c(Br)o2)SC1=Nc1ccc(OC)cc1. The van der Waals surface area contributed by atoms with Crippen molar-refractivity contribution in [3.05, 3.63) is 50.1 Å². The van der Waals surface area contributed by atoms with E-state index in [0.717, 1.165) is 15.9 Å². The average Bonchev–Trinajstić information content (AvgIpc) is 3.07. The third-order valence-corrected chi connectivity index (χ3v) is 6.16. The molecule has 1 aliphatic rings. The highest BCUT2D eigenvalue weighted by atomic mass is 79.9. The van der Waals surface area contributed by atoms with E-state index in [-0.39, 0.29) is 5.91 Å². The molecule has 1 saturated heterocycles. The topological polar surface area (TPSA) is 55.0 Å². The first-order valence-electron chi connectivity index (χ1n) is 7.40. The summed E-state index contributed by atoms with van der Waals surface area (Å²) < 4.78 is 12.1. The average molecular weight is 486 g/mol. The summed E-state index contributed by atoms with van der Waals surface area (Å²) in [7, 11) is 1.62. The maximum atomic E-state index is 12.6. The number of furan rings is 1. The highest BCUT2D eigenvalue weighted by molar-refractivity contribution is 9.13. The largest absolute Gasteiger partial charge is 0.497 e. The van der Waals surface area contributed by atoms with Crippen molar-refractivity contribution in [1.29, 1.82) is 0 Å². The van der Waals surface area contributed by atoms with Gasteiger partial charge in [0.2, 0.25) is 0 Å². The van der Waals surface area contributed by atoms with E-state index >= 15 is 0 Å². The van der Waals surface area contributed by atoms with Crippen LogP contribution < -0.4 is 4.74 Å². The standard InChI is InChI=1S/C17H14Br2N2O3S/c1-3-21-16(22)14(9-12-8-13(18)15(19)24-12)25-17(21)20-10-4-6-11(23-2)7-5-10/h4-9H,3H2,1-2H3/b14-9-,20-17?. The van der Waals surface area contributed by atoms with Gasteiger partial charge in [-0.05, 0) is 80.9 Å². The molecule has 1 aromatic carbocycles. The van der Waals surface area contributed by atoms with E-state index in [0.29, 0.717) is 27.0 Å². The minimum atomic E-state index is -0.0802. The Bertz CT molecular complexity index is 840.